The van der Waals surface area contributed by atoms with Crippen LogP contribution in [0.1, 0.15) is 13.3 Å². The Morgan fingerprint density at radius 2 is 2.17 bits per heavy atom. The first kappa shape index (κ1) is 17.6. The zero-order valence-corrected chi connectivity index (χ0v) is 14.3. The van der Waals surface area contributed by atoms with Crippen molar-refractivity contribution in [2.45, 2.75) is 13.3 Å². The Hall–Kier alpha value is -1.76. The molecule has 9 heteroatoms. The van der Waals surface area contributed by atoms with Crippen LogP contribution in [0.2, 0.25) is 0 Å². The topological polar surface area (TPSA) is 93.4 Å². The van der Waals surface area contributed by atoms with E-state index in [1.54, 1.807) is 13.1 Å². The lowest BCUT2D eigenvalue weighted by Crippen LogP contribution is -2.44. The van der Waals surface area contributed by atoms with Gasteiger partial charge in [0.2, 0.25) is 0 Å². The predicted molar refractivity (Wildman–Crippen MR) is 86.8 cm³/mol. The van der Waals surface area contributed by atoms with Crippen LogP contribution >= 0.6 is 0 Å². The fourth-order valence-electron chi connectivity index (χ4n) is 2.53. The van der Waals surface area contributed by atoms with Crippen LogP contribution in [0.5, 0.6) is 0 Å². The Labute approximate surface area is 137 Å². The monoisotopic (exact) mass is 338 g/mol. The van der Waals surface area contributed by atoms with E-state index in [2.05, 4.69) is 16.3 Å². The lowest BCUT2D eigenvalue weighted by atomic mass is 10.2. The standard InChI is InChI=1S/C14H22N6O2S/c1-13(11-15)12-18(2)23(21,22)20-8-4-7-19(9-10-20)14-5-3-6-16-17-14/h3,5-6,13H,4,7-10,12H2,1-2H3/t13-/m0/s1. The third kappa shape index (κ3) is 4.37. The molecule has 0 saturated carbocycles. The van der Waals surface area contributed by atoms with Crippen molar-refractivity contribution < 1.29 is 8.42 Å². The van der Waals surface area contributed by atoms with Gasteiger partial charge < -0.3 is 4.90 Å². The fraction of sp³-hybridized carbons (Fsp3) is 0.643. The van der Waals surface area contributed by atoms with E-state index >= 15 is 0 Å². The number of hydrogen-bond acceptors (Lipinski definition) is 6. The van der Waals surface area contributed by atoms with Gasteiger partial charge in [-0.25, -0.2) is 0 Å². The molecule has 0 N–H and O–H groups in total. The molecule has 0 aliphatic carbocycles. The summed E-state index contributed by atoms with van der Waals surface area (Å²) in [5.41, 5.74) is 0. The van der Waals surface area contributed by atoms with E-state index in [0.717, 1.165) is 18.8 Å². The normalized spacial score (nSPS) is 18.4. The average Bonchev–Trinajstić information content (AvgIpc) is 2.82. The number of aromatic nitrogens is 2. The van der Waals surface area contributed by atoms with Gasteiger partial charge in [0, 0.05) is 46.0 Å². The van der Waals surface area contributed by atoms with Crippen molar-refractivity contribution in [3.05, 3.63) is 18.3 Å². The lowest BCUT2D eigenvalue weighted by Gasteiger charge is -2.27. The molecule has 8 nitrogen and oxygen atoms in total. The van der Waals surface area contributed by atoms with Crippen LogP contribution in [0.25, 0.3) is 0 Å². The molecule has 23 heavy (non-hydrogen) atoms. The minimum absolute atomic E-state index is 0.198. The first-order valence-corrected chi connectivity index (χ1v) is 8.98. The van der Waals surface area contributed by atoms with Gasteiger partial charge in [0.1, 0.15) is 0 Å². The molecule has 0 amide bonds. The Morgan fingerprint density at radius 1 is 1.39 bits per heavy atom. The van der Waals surface area contributed by atoms with Crippen molar-refractivity contribution in [3.8, 4) is 6.07 Å². The van der Waals surface area contributed by atoms with Gasteiger partial charge in [0.25, 0.3) is 10.2 Å². The van der Waals surface area contributed by atoms with E-state index in [-0.39, 0.29) is 12.5 Å². The van der Waals surface area contributed by atoms with Crippen LogP contribution in [0.3, 0.4) is 0 Å². The highest BCUT2D eigenvalue weighted by Crippen LogP contribution is 2.16. The van der Waals surface area contributed by atoms with Gasteiger partial charge in [0.15, 0.2) is 5.82 Å². The zero-order chi connectivity index (χ0) is 16.9. The third-order valence-electron chi connectivity index (χ3n) is 3.81. The quantitative estimate of drug-likeness (QED) is 0.768. The largest absolute Gasteiger partial charge is 0.354 e. The van der Waals surface area contributed by atoms with Gasteiger partial charge in [-0.3, -0.25) is 0 Å². The zero-order valence-electron chi connectivity index (χ0n) is 13.5. The van der Waals surface area contributed by atoms with Gasteiger partial charge >= 0.3 is 0 Å². The molecule has 2 rings (SSSR count). The minimum atomic E-state index is -3.54. The second kappa shape index (κ2) is 7.68. The molecular weight excluding hydrogens is 316 g/mol. The summed E-state index contributed by atoms with van der Waals surface area (Å²) in [6.07, 6.45) is 2.33. The predicted octanol–water partition coefficient (Wildman–Crippen LogP) is 0.325. The van der Waals surface area contributed by atoms with Crippen molar-refractivity contribution >= 4 is 16.0 Å². The Morgan fingerprint density at radius 3 is 2.83 bits per heavy atom. The molecular formula is C14H22N6O2S. The van der Waals surface area contributed by atoms with E-state index in [9.17, 15) is 8.42 Å². The second-order valence-electron chi connectivity index (χ2n) is 5.64. The second-order valence-corrected chi connectivity index (χ2v) is 7.68. The Bertz CT molecular complexity index is 645. The van der Waals surface area contributed by atoms with Crippen LogP contribution < -0.4 is 4.90 Å². The summed E-state index contributed by atoms with van der Waals surface area (Å²) >= 11 is 0. The molecule has 0 bridgehead atoms. The maximum Gasteiger partial charge on any atom is 0.281 e. The van der Waals surface area contributed by atoms with E-state index in [1.165, 1.54) is 15.7 Å². The van der Waals surface area contributed by atoms with E-state index in [0.29, 0.717) is 19.6 Å². The molecule has 1 aliphatic heterocycles. The molecule has 1 fully saturated rings. The molecule has 0 aromatic carbocycles. The van der Waals surface area contributed by atoms with Crippen LogP contribution in [-0.2, 0) is 10.2 Å². The van der Waals surface area contributed by atoms with Crippen molar-refractivity contribution in [2.75, 3.05) is 44.7 Å². The third-order valence-corrected chi connectivity index (χ3v) is 5.76. The molecule has 0 spiro atoms. The van der Waals surface area contributed by atoms with Gasteiger partial charge in [-0.1, -0.05) is 0 Å². The summed E-state index contributed by atoms with van der Waals surface area (Å²) in [7, 11) is -2.02. The highest BCUT2D eigenvalue weighted by Gasteiger charge is 2.29. The van der Waals surface area contributed by atoms with Crippen molar-refractivity contribution in [1.82, 2.24) is 18.8 Å². The summed E-state index contributed by atoms with van der Waals surface area (Å²) in [5, 5.41) is 16.8. The molecule has 0 radical (unpaired) electrons. The maximum absolute atomic E-state index is 12.6. The number of nitrogens with zero attached hydrogens (tertiary/aromatic N) is 6. The number of nitriles is 1. The molecule has 0 unspecified atom stereocenters. The number of anilines is 1. The summed E-state index contributed by atoms with van der Waals surface area (Å²) in [6.45, 7) is 4.07. The van der Waals surface area contributed by atoms with Crippen molar-refractivity contribution in [3.63, 3.8) is 0 Å². The Balaban J connectivity index is 2.03. The maximum atomic E-state index is 12.6. The van der Waals surface area contributed by atoms with Crippen molar-refractivity contribution in [2.24, 2.45) is 5.92 Å². The molecule has 1 aromatic rings. The van der Waals surface area contributed by atoms with E-state index in [1.807, 2.05) is 17.0 Å². The molecule has 1 atom stereocenters. The minimum Gasteiger partial charge on any atom is -0.354 e. The number of hydrogen-bond donors (Lipinski definition) is 0. The van der Waals surface area contributed by atoms with Crippen LogP contribution in [0.4, 0.5) is 5.82 Å². The van der Waals surface area contributed by atoms with E-state index in [4.69, 9.17) is 5.26 Å². The SMILES string of the molecule is C[C@@H](C#N)CN(C)S(=O)(=O)N1CCCN(c2cccnn2)CC1. The van der Waals surface area contributed by atoms with Gasteiger partial charge in [-0.15, -0.1) is 5.10 Å². The number of rotatable bonds is 5. The molecule has 126 valence electrons. The first-order chi connectivity index (χ1) is 10.9. The smallest absolute Gasteiger partial charge is 0.281 e. The lowest BCUT2D eigenvalue weighted by molar-refractivity contribution is 0.360. The molecule has 1 saturated heterocycles. The van der Waals surface area contributed by atoms with E-state index < -0.39 is 10.2 Å². The molecule has 2 heterocycles. The highest BCUT2D eigenvalue weighted by molar-refractivity contribution is 7.86. The fourth-order valence-corrected chi connectivity index (χ4v) is 4.01. The van der Waals surface area contributed by atoms with Crippen LogP contribution in [0.15, 0.2) is 18.3 Å². The van der Waals surface area contributed by atoms with Gasteiger partial charge in [0.05, 0.1) is 12.0 Å². The Kier molecular flexibility index (Phi) is 5.87. The molecule has 1 aliphatic rings. The average molecular weight is 338 g/mol. The van der Waals surface area contributed by atoms with Crippen LogP contribution in [0, 0.1) is 17.2 Å². The van der Waals surface area contributed by atoms with Gasteiger partial charge in [-0.2, -0.15) is 27.4 Å². The summed E-state index contributed by atoms with van der Waals surface area (Å²) in [4.78, 5) is 2.04. The highest BCUT2D eigenvalue weighted by atomic mass is 32.2. The van der Waals surface area contributed by atoms with Gasteiger partial charge in [-0.05, 0) is 25.5 Å². The summed E-state index contributed by atoms with van der Waals surface area (Å²) < 4.78 is 28.0. The first-order valence-electron chi connectivity index (χ1n) is 7.59. The van der Waals surface area contributed by atoms with Crippen LogP contribution in [-0.4, -0.2) is 67.0 Å². The summed E-state index contributed by atoms with van der Waals surface area (Å²) in [5.74, 6) is 0.427. The summed E-state index contributed by atoms with van der Waals surface area (Å²) in [6, 6.07) is 5.75. The van der Waals surface area contributed by atoms with Crippen molar-refractivity contribution in [1.29, 1.82) is 5.26 Å². The molecule has 1 aromatic heterocycles.